The van der Waals surface area contributed by atoms with Gasteiger partial charge in [-0.15, -0.1) is 0 Å². The molecule has 11 heteroatoms. The highest BCUT2D eigenvalue weighted by Gasteiger charge is 2.28. The molecule has 4 heterocycles. The van der Waals surface area contributed by atoms with Crippen molar-refractivity contribution >= 4 is 11.3 Å². The zero-order valence-electron chi connectivity index (χ0n) is 13.4. The van der Waals surface area contributed by atoms with Gasteiger partial charge in [0.05, 0.1) is 17.4 Å². The quantitative estimate of drug-likeness (QED) is 0.702. The summed E-state index contributed by atoms with van der Waals surface area (Å²) in [5.41, 5.74) is 0.488. The van der Waals surface area contributed by atoms with Crippen molar-refractivity contribution < 1.29 is 13.5 Å². The number of aromatic amines is 2. The van der Waals surface area contributed by atoms with Gasteiger partial charge in [0.2, 0.25) is 0 Å². The van der Waals surface area contributed by atoms with E-state index in [1.54, 1.807) is 18.5 Å². The van der Waals surface area contributed by atoms with Crippen molar-refractivity contribution in [2.75, 3.05) is 18.0 Å². The summed E-state index contributed by atoms with van der Waals surface area (Å²) in [6.45, 7) is -2.04. The zero-order chi connectivity index (χ0) is 18.3. The van der Waals surface area contributed by atoms with Crippen molar-refractivity contribution in [2.24, 2.45) is 0 Å². The van der Waals surface area contributed by atoms with Crippen LogP contribution in [0, 0.1) is 0 Å². The van der Waals surface area contributed by atoms with E-state index < -0.39 is 24.0 Å². The van der Waals surface area contributed by atoms with E-state index in [4.69, 9.17) is 0 Å². The average Bonchev–Trinajstić information content (AvgIpc) is 3.22. The van der Waals surface area contributed by atoms with E-state index in [-0.39, 0.29) is 12.1 Å². The minimum atomic E-state index is -2.82. The maximum absolute atomic E-state index is 12.4. The maximum Gasteiger partial charge on any atom is 0.345 e. The maximum atomic E-state index is 12.4. The van der Waals surface area contributed by atoms with Gasteiger partial charge >= 0.3 is 12.3 Å². The predicted octanol–water partition coefficient (Wildman–Crippen LogP) is 0.591. The van der Waals surface area contributed by atoms with Crippen molar-refractivity contribution in [1.82, 2.24) is 24.6 Å². The first-order valence-corrected chi connectivity index (χ1v) is 7.86. The smallest absolute Gasteiger partial charge is 0.345 e. The number of alkyl halides is 2. The van der Waals surface area contributed by atoms with Crippen LogP contribution < -0.4 is 16.1 Å². The molecule has 3 aromatic heterocycles. The third kappa shape index (κ3) is 2.96. The SMILES string of the molecule is O=c1[nH]cc(-c2cc(N3CCC(OC(F)F)C3)c3nccn3n2)c(=O)[nH]1. The minimum Gasteiger partial charge on any atom is -0.366 e. The lowest BCUT2D eigenvalue weighted by atomic mass is 10.2. The van der Waals surface area contributed by atoms with E-state index in [2.05, 4.69) is 24.8 Å². The fraction of sp³-hybridized carbons (Fsp3) is 0.333. The number of ether oxygens (including phenoxy) is 1. The van der Waals surface area contributed by atoms with E-state index in [1.807, 2.05) is 4.90 Å². The Bertz CT molecular complexity index is 1060. The Morgan fingerprint density at radius 3 is 2.96 bits per heavy atom. The molecule has 26 heavy (non-hydrogen) atoms. The van der Waals surface area contributed by atoms with Crippen molar-refractivity contribution in [3.8, 4) is 11.3 Å². The van der Waals surface area contributed by atoms with E-state index in [0.717, 1.165) is 0 Å². The first-order valence-electron chi connectivity index (χ1n) is 7.86. The van der Waals surface area contributed by atoms with Gasteiger partial charge < -0.3 is 14.6 Å². The Labute approximate surface area is 144 Å². The summed E-state index contributed by atoms with van der Waals surface area (Å²) in [6, 6.07) is 1.65. The number of rotatable bonds is 4. The molecule has 0 aromatic carbocycles. The van der Waals surface area contributed by atoms with Crippen molar-refractivity contribution in [3.05, 3.63) is 45.5 Å². The number of fused-ring (bicyclic) bond motifs is 1. The summed E-state index contributed by atoms with van der Waals surface area (Å²) in [5, 5.41) is 4.33. The average molecular weight is 364 g/mol. The molecular weight excluding hydrogens is 350 g/mol. The molecule has 1 unspecified atom stereocenters. The highest BCUT2D eigenvalue weighted by atomic mass is 19.3. The lowest BCUT2D eigenvalue weighted by molar-refractivity contribution is -0.156. The van der Waals surface area contributed by atoms with Gasteiger partial charge in [0.25, 0.3) is 5.56 Å². The molecule has 1 saturated heterocycles. The van der Waals surface area contributed by atoms with Crippen LogP contribution in [0.1, 0.15) is 6.42 Å². The molecule has 1 aliphatic heterocycles. The lowest BCUT2D eigenvalue weighted by Crippen LogP contribution is -2.25. The number of anilines is 1. The number of hydrogen-bond acceptors (Lipinski definition) is 6. The van der Waals surface area contributed by atoms with Crippen LogP contribution >= 0.6 is 0 Å². The number of nitrogens with zero attached hydrogens (tertiary/aromatic N) is 4. The number of aromatic nitrogens is 5. The summed E-state index contributed by atoms with van der Waals surface area (Å²) in [5.74, 6) is 0. The van der Waals surface area contributed by atoms with Crippen LogP contribution in [0.2, 0.25) is 0 Å². The highest BCUT2D eigenvalue weighted by molar-refractivity contribution is 5.74. The summed E-state index contributed by atoms with van der Waals surface area (Å²) < 4.78 is 31.0. The molecule has 1 aliphatic rings. The van der Waals surface area contributed by atoms with Crippen LogP contribution in [0.3, 0.4) is 0 Å². The molecule has 136 valence electrons. The van der Waals surface area contributed by atoms with E-state index >= 15 is 0 Å². The molecule has 4 rings (SSSR count). The van der Waals surface area contributed by atoms with Crippen LogP contribution in [0.5, 0.6) is 0 Å². The van der Waals surface area contributed by atoms with Crippen LogP contribution in [0.25, 0.3) is 16.9 Å². The standard InChI is InChI=1S/C15H14F2N6O3/c16-14(17)26-8-1-3-22(7-8)11-5-10(21-23-4-2-18-12(11)23)9-6-19-15(25)20-13(9)24/h2,4-6,8,14H,1,3,7H2,(H2,19,20,24,25). The predicted molar refractivity (Wildman–Crippen MR) is 87.4 cm³/mol. The Kier molecular flexibility index (Phi) is 3.99. The van der Waals surface area contributed by atoms with Gasteiger partial charge in [-0.05, 0) is 12.5 Å². The van der Waals surface area contributed by atoms with Crippen LogP contribution in [0.15, 0.2) is 34.2 Å². The number of halogens is 2. The third-order valence-electron chi connectivity index (χ3n) is 4.22. The molecular formula is C15H14F2N6O3. The highest BCUT2D eigenvalue weighted by Crippen LogP contribution is 2.28. The van der Waals surface area contributed by atoms with Gasteiger partial charge in [-0.3, -0.25) is 9.78 Å². The second-order valence-corrected chi connectivity index (χ2v) is 5.85. The molecule has 9 nitrogen and oxygen atoms in total. The summed E-state index contributed by atoms with van der Waals surface area (Å²) in [4.78, 5) is 33.9. The summed E-state index contributed by atoms with van der Waals surface area (Å²) >= 11 is 0. The van der Waals surface area contributed by atoms with Crippen LogP contribution in [-0.4, -0.2) is 50.4 Å². The Morgan fingerprint density at radius 2 is 2.19 bits per heavy atom. The molecule has 0 amide bonds. The molecule has 0 aliphatic carbocycles. The van der Waals surface area contributed by atoms with Gasteiger partial charge in [-0.25, -0.2) is 14.3 Å². The normalized spacial score (nSPS) is 17.5. The van der Waals surface area contributed by atoms with Gasteiger partial charge in [0, 0.05) is 31.7 Å². The topological polar surface area (TPSA) is 108 Å². The molecule has 3 aromatic rings. The van der Waals surface area contributed by atoms with Gasteiger partial charge in [0.1, 0.15) is 5.69 Å². The van der Waals surface area contributed by atoms with Crippen LogP contribution in [-0.2, 0) is 4.74 Å². The summed E-state index contributed by atoms with van der Waals surface area (Å²) in [7, 11) is 0. The zero-order valence-corrected chi connectivity index (χ0v) is 13.4. The first-order chi connectivity index (χ1) is 12.5. The summed E-state index contributed by atoms with van der Waals surface area (Å²) in [6.07, 6.45) is 4.32. The minimum absolute atomic E-state index is 0.182. The van der Waals surface area contributed by atoms with Crippen molar-refractivity contribution in [2.45, 2.75) is 19.1 Å². The Balaban J connectivity index is 1.76. The third-order valence-corrected chi connectivity index (χ3v) is 4.22. The van der Waals surface area contributed by atoms with Crippen LogP contribution in [0.4, 0.5) is 14.5 Å². The number of H-pyrrole nitrogens is 2. The fourth-order valence-electron chi connectivity index (χ4n) is 3.07. The van der Waals surface area contributed by atoms with E-state index in [0.29, 0.717) is 30.0 Å². The Morgan fingerprint density at radius 1 is 1.35 bits per heavy atom. The molecule has 2 N–H and O–H groups in total. The number of nitrogens with one attached hydrogen (secondary N) is 2. The van der Waals surface area contributed by atoms with Gasteiger partial charge in [0.15, 0.2) is 5.65 Å². The molecule has 1 fully saturated rings. The second kappa shape index (κ2) is 6.33. The monoisotopic (exact) mass is 364 g/mol. The molecule has 0 radical (unpaired) electrons. The van der Waals surface area contributed by atoms with Gasteiger partial charge in [-0.2, -0.15) is 13.9 Å². The first kappa shape index (κ1) is 16.4. The number of imidazole rings is 1. The Hall–Kier alpha value is -3.08. The fourth-order valence-corrected chi connectivity index (χ4v) is 3.07. The largest absolute Gasteiger partial charge is 0.366 e. The van der Waals surface area contributed by atoms with Crippen molar-refractivity contribution in [1.29, 1.82) is 0 Å². The van der Waals surface area contributed by atoms with Gasteiger partial charge in [-0.1, -0.05) is 0 Å². The second-order valence-electron chi connectivity index (χ2n) is 5.85. The van der Waals surface area contributed by atoms with E-state index in [1.165, 1.54) is 10.7 Å². The lowest BCUT2D eigenvalue weighted by Gasteiger charge is -2.20. The molecule has 1 atom stereocenters. The molecule has 0 saturated carbocycles. The number of hydrogen-bond donors (Lipinski definition) is 2. The van der Waals surface area contributed by atoms with Crippen molar-refractivity contribution in [3.63, 3.8) is 0 Å². The van der Waals surface area contributed by atoms with E-state index in [9.17, 15) is 18.4 Å². The molecule has 0 bridgehead atoms. The molecule has 0 spiro atoms.